The molecule has 0 aliphatic heterocycles. The molecule has 47 heavy (non-hydrogen) atoms. The first-order valence-electron chi connectivity index (χ1n) is 16.2. The summed E-state index contributed by atoms with van der Waals surface area (Å²) in [6.45, 7) is 9.09. The number of thiophene rings is 1. The Morgan fingerprint density at radius 1 is 1.02 bits per heavy atom. The van der Waals surface area contributed by atoms with E-state index in [-0.39, 0.29) is 29.0 Å². The highest BCUT2D eigenvalue weighted by Crippen LogP contribution is 2.38. The second-order valence-electron chi connectivity index (χ2n) is 13.2. The van der Waals surface area contributed by atoms with Crippen molar-refractivity contribution in [2.45, 2.75) is 52.7 Å². The van der Waals surface area contributed by atoms with E-state index in [9.17, 15) is 9.59 Å². The van der Waals surface area contributed by atoms with Crippen LogP contribution in [0, 0.1) is 11.3 Å². The Morgan fingerprint density at radius 3 is 2.66 bits per heavy atom. The number of anilines is 1. The average molecular weight is 651 g/mol. The number of nitrogens with one attached hydrogen (secondary N) is 3. The first-order chi connectivity index (χ1) is 22.7. The van der Waals surface area contributed by atoms with E-state index in [0.717, 1.165) is 46.3 Å². The summed E-state index contributed by atoms with van der Waals surface area (Å²) in [6, 6.07) is 24.7. The predicted octanol–water partition coefficient (Wildman–Crippen LogP) is 7.57. The minimum atomic E-state index is -0.365. The third kappa shape index (κ3) is 8.35. The minimum absolute atomic E-state index is 0.157. The summed E-state index contributed by atoms with van der Waals surface area (Å²) in [5.41, 5.74) is 5.31. The molecule has 0 saturated carbocycles. The number of aryl methyl sites for hydroxylation is 1. The lowest BCUT2D eigenvalue weighted by Gasteiger charge is -2.34. The lowest BCUT2D eigenvalue weighted by molar-refractivity contribution is 0.0937. The van der Waals surface area contributed by atoms with Crippen LogP contribution < -0.4 is 16.0 Å². The maximum Gasteiger partial charge on any atom is 0.291 e. The van der Waals surface area contributed by atoms with Gasteiger partial charge < -0.3 is 25.1 Å². The largest absolute Gasteiger partial charge is 0.459 e. The number of carbonyl (C=O) groups excluding carboxylic acids is 2. The zero-order valence-corrected chi connectivity index (χ0v) is 28.0. The van der Waals surface area contributed by atoms with E-state index >= 15 is 0 Å². The Morgan fingerprint density at radius 2 is 1.87 bits per heavy atom. The van der Waals surface area contributed by atoms with Gasteiger partial charge in [0.15, 0.2) is 5.76 Å². The number of rotatable bonds is 12. The molecule has 9 heteroatoms. The van der Waals surface area contributed by atoms with E-state index < -0.39 is 0 Å². The van der Waals surface area contributed by atoms with Crippen molar-refractivity contribution in [1.82, 2.24) is 15.6 Å². The molecule has 244 valence electrons. The van der Waals surface area contributed by atoms with E-state index in [0.29, 0.717) is 42.8 Å². The van der Waals surface area contributed by atoms with Crippen LogP contribution in [-0.4, -0.2) is 36.5 Å². The highest BCUT2D eigenvalue weighted by atomic mass is 32.1. The molecular weight excluding hydrogens is 609 g/mol. The van der Waals surface area contributed by atoms with Gasteiger partial charge in [0.2, 0.25) is 0 Å². The summed E-state index contributed by atoms with van der Waals surface area (Å²) in [5, 5.41) is 10.6. The van der Waals surface area contributed by atoms with Crippen LogP contribution in [0.1, 0.15) is 75.8 Å². The summed E-state index contributed by atoms with van der Waals surface area (Å²) in [5.74, 6) is 0.352. The molecule has 3 N–H and O–H groups in total. The Bertz CT molecular complexity index is 1810. The monoisotopic (exact) mass is 650 g/mol. The molecule has 0 spiro atoms. The van der Waals surface area contributed by atoms with Crippen LogP contribution in [0.25, 0.3) is 10.2 Å². The van der Waals surface area contributed by atoms with Gasteiger partial charge in [-0.1, -0.05) is 63.2 Å². The molecule has 2 aromatic carbocycles. The van der Waals surface area contributed by atoms with Crippen molar-refractivity contribution in [3.63, 3.8) is 0 Å². The number of hydrogen-bond acceptors (Lipinski definition) is 7. The number of carbonyl (C=O) groups is 2. The Hall–Kier alpha value is -4.31. The van der Waals surface area contributed by atoms with Gasteiger partial charge >= 0.3 is 0 Å². The molecule has 3 aromatic heterocycles. The molecule has 2 unspecified atom stereocenters. The smallest absolute Gasteiger partial charge is 0.291 e. The fourth-order valence-electron chi connectivity index (χ4n) is 6.04. The quantitative estimate of drug-likeness (QED) is 0.120. The molecule has 1 aliphatic rings. The standard InChI is InChI=1S/C38H42N4O4S/c1-38(2,3)29-14-15-31-27(20-29)19-28-22-34(47-37(28)42-31)36(44)41-32(23-39-16-18-45-24-25-9-5-4-6-10-25)26-11-7-12-30(21-26)40-35(43)33-13-8-17-46-33/h4-13,17,19,21-22,29,32,39H,14-16,18,20,23-24H2,1-3H3,(H,40,43)(H,41,44). The molecule has 6 rings (SSSR count). The molecule has 0 radical (unpaired) electrons. The van der Waals surface area contributed by atoms with E-state index in [1.165, 1.54) is 23.2 Å². The lowest BCUT2D eigenvalue weighted by atomic mass is 9.71. The molecule has 2 amide bonds. The van der Waals surface area contributed by atoms with E-state index in [4.69, 9.17) is 14.1 Å². The summed E-state index contributed by atoms with van der Waals surface area (Å²) in [6.07, 6.45) is 4.60. The van der Waals surface area contributed by atoms with Gasteiger partial charge in [-0.3, -0.25) is 9.59 Å². The number of amides is 2. The van der Waals surface area contributed by atoms with Gasteiger partial charge in [0.1, 0.15) is 4.83 Å². The van der Waals surface area contributed by atoms with Crippen LogP contribution in [0.2, 0.25) is 0 Å². The highest BCUT2D eigenvalue weighted by molar-refractivity contribution is 7.20. The second-order valence-corrected chi connectivity index (χ2v) is 14.3. The van der Waals surface area contributed by atoms with Crippen molar-refractivity contribution in [3.8, 4) is 0 Å². The van der Waals surface area contributed by atoms with Crippen molar-refractivity contribution in [1.29, 1.82) is 0 Å². The topological polar surface area (TPSA) is 105 Å². The highest BCUT2D eigenvalue weighted by Gasteiger charge is 2.30. The van der Waals surface area contributed by atoms with Crippen LogP contribution >= 0.6 is 11.3 Å². The van der Waals surface area contributed by atoms with E-state index in [1.54, 1.807) is 12.1 Å². The molecule has 0 saturated heterocycles. The van der Waals surface area contributed by atoms with Gasteiger partial charge in [-0.05, 0) is 83.7 Å². The molecular formula is C38H42N4O4S. The Labute approximate surface area is 279 Å². The summed E-state index contributed by atoms with van der Waals surface area (Å²) in [7, 11) is 0. The van der Waals surface area contributed by atoms with E-state index in [1.807, 2.05) is 60.7 Å². The van der Waals surface area contributed by atoms with Crippen LogP contribution in [0.5, 0.6) is 0 Å². The minimum Gasteiger partial charge on any atom is -0.459 e. The molecule has 0 bridgehead atoms. The summed E-state index contributed by atoms with van der Waals surface area (Å²) >= 11 is 1.43. The van der Waals surface area contributed by atoms with Gasteiger partial charge in [-0.25, -0.2) is 4.98 Å². The summed E-state index contributed by atoms with van der Waals surface area (Å²) < 4.78 is 11.1. The van der Waals surface area contributed by atoms with Crippen LogP contribution in [-0.2, 0) is 24.2 Å². The number of hydrogen-bond donors (Lipinski definition) is 3. The number of pyridine rings is 1. The van der Waals surface area contributed by atoms with Gasteiger partial charge in [-0.15, -0.1) is 11.3 Å². The van der Waals surface area contributed by atoms with Crippen molar-refractivity contribution in [2.75, 3.05) is 25.0 Å². The normalized spacial score (nSPS) is 15.3. The predicted molar refractivity (Wildman–Crippen MR) is 187 cm³/mol. The fourth-order valence-corrected chi connectivity index (χ4v) is 6.98. The number of nitrogens with zero attached hydrogens (tertiary/aromatic N) is 1. The molecule has 3 heterocycles. The number of furan rings is 1. The third-order valence-corrected chi connectivity index (χ3v) is 9.85. The molecule has 2 atom stereocenters. The zero-order valence-electron chi connectivity index (χ0n) is 27.2. The first kappa shape index (κ1) is 32.6. The number of benzene rings is 2. The van der Waals surface area contributed by atoms with Crippen molar-refractivity contribution in [2.24, 2.45) is 11.3 Å². The molecule has 8 nitrogen and oxygen atoms in total. The zero-order chi connectivity index (χ0) is 32.8. The van der Waals surface area contributed by atoms with Gasteiger partial charge in [0.25, 0.3) is 11.8 Å². The number of ether oxygens (including phenoxy) is 1. The maximum absolute atomic E-state index is 13.7. The third-order valence-electron chi connectivity index (χ3n) is 8.80. The van der Waals surface area contributed by atoms with Gasteiger partial charge in [0.05, 0.1) is 30.4 Å². The second kappa shape index (κ2) is 14.6. The van der Waals surface area contributed by atoms with E-state index in [2.05, 4.69) is 42.8 Å². The summed E-state index contributed by atoms with van der Waals surface area (Å²) in [4.78, 5) is 32.9. The van der Waals surface area contributed by atoms with Gasteiger partial charge in [0, 0.05) is 29.9 Å². The molecule has 0 fully saturated rings. The first-order valence-corrected chi connectivity index (χ1v) is 17.0. The number of fused-ring (bicyclic) bond motifs is 2. The number of aromatic nitrogens is 1. The van der Waals surface area contributed by atoms with Crippen molar-refractivity contribution in [3.05, 3.63) is 118 Å². The average Bonchev–Trinajstić information content (AvgIpc) is 3.75. The van der Waals surface area contributed by atoms with Gasteiger partial charge in [-0.2, -0.15) is 0 Å². The lowest BCUT2D eigenvalue weighted by Crippen LogP contribution is -2.36. The van der Waals surface area contributed by atoms with Crippen molar-refractivity contribution < 1.29 is 18.7 Å². The van der Waals surface area contributed by atoms with Crippen LogP contribution in [0.4, 0.5) is 5.69 Å². The maximum atomic E-state index is 13.7. The molecule has 5 aromatic rings. The van der Waals surface area contributed by atoms with Crippen LogP contribution in [0.3, 0.4) is 0 Å². The Balaban J connectivity index is 1.15. The fraction of sp³-hybridized carbons (Fsp3) is 0.342. The Kier molecular flexibility index (Phi) is 10.2. The SMILES string of the molecule is CC(C)(C)C1CCc2nc3sc(C(=O)NC(CNCCOCc4ccccc4)c4cccc(NC(=O)c5ccco5)c4)cc3cc2C1. The van der Waals surface area contributed by atoms with Crippen LogP contribution in [0.15, 0.2) is 89.5 Å². The molecule has 1 aliphatic carbocycles. The van der Waals surface area contributed by atoms with Crippen molar-refractivity contribution >= 4 is 39.1 Å².